The number of ketones is 2. The third-order valence-corrected chi connectivity index (χ3v) is 8.42. The van der Waals surface area contributed by atoms with Crippen molar-refractivity contribution in [3.63, 3.8) is 0 Å². The second-order valence-corrected chi connectivity index (χ2v) is 12.6. The maximum atomic E-state index is 14.7. The van der Waals surface area contributed by atoms with E-state index in [4.69, 9.17) is 4.74 Å². The average Bonchev–Trinajstić information content (AvgIpc) is 2.91. The molecule has 0 saturated carbocycles. The van der Waals surface area contributed by atoms with Crippen molar-refractivity contribution in [2.24, 2.45) is 17.3 Å². The molecule has 0 radical (unpaired) electrons. The first-order chi connectivity index (χ1) is 19.7. The monoisotopic (exact) mass is 574 g/mol. The van der Waals surface area contributed by atoms with E-state index in [1.807, 2.05) is 58.9 Å². The Bertz CT molecular complexity index is 1350. The number of aliphatic hydroxyl groups excluding tert-OH is 1. The van der Waals surface area contributed by atoms with E-state index in [9.17, 15) is 24.6 Å². The zero-order valence-corrected chi connectivity index (χ0v) is 26.1. The van der Waals surface area contributed by atoms with E-state index in [-0.39, 0.29) is 53.6 Å². The van der Waals surface area contributed by atoms with Crippen molar-refractivity contribution in [2.45, 2.75) is 92.6 Å². The van der Waals surface area contributed by atoms with E-state index in [1.165, 1.54) is 0 Å². The molecule has 3 rings (SSSR count). The standard InChI is InChI=1S/C36H46O6/c1-21(2)14-15-26(18-23(5)6)20-36(17-16-22(3)4)34(40)30(28(19-29(37)38)27-12-10-9-11-13-27)33-31(35(36)41)32(39)24(7)25(8)42-33/h9-13,16,18,24-26,28,40H,1,14-15,17,19-20H2,2-8H3,(H,37,38)/t24-,25+,26-,28-,36-/m0/s1. The summed E-state index contributed by atoms with van der Waals surface area (Å²) in [5.41, 5.74) is 2.42. The number of hydrogen-bond donors (Lipinski definition) is 2. The molecule has 0 fully saturated rings. The number of rotatable bonds is 12. The molecule has 0 saturated heterocycles. The Balaban J connectivity index is 2.42. The fraction of sp³-hybridized carbons (Fsp3) is 0.472. The average molecular weight is 575 g/mol. The summed E-state index contributed by atoms with van der Waals surface area (Å²) in [5.74, 6) is -3.52. The van der Waals surface area contributed by atoms with Gasteiger partial charge in [0.2, 0.25) is 0 Å². The second-order valence-electron chi connectivity index (χ2n) is 12.6. The highest BCUT2D eigenvalue weighted by Gasteiger charge is 2.55. The Morgan fingerprint density at radius 2 is 1.71 bits per heavy atom. The minimum absolute atomic E-state index is 0.0247. The van der Waals surface area contributed by atoms with Crippen molar-refractivity contribution in [1.82, 2.24) is 0 Å². The van der Waals surface area contributed by atoms with Gasteiger partial charge in [-0.15, -0.1) is 6.58 Å². The second kappa shape index (κ2) is 13.5. The Morgan fingerprint density at radius 3 is 2.26 bits per heavy atom. The highest BCUT2D eigenvalue weighted by molar-refractivity contribution is 6.25. The van der Waals surface area contributed by atoms with E-state index in [2.05, 4.69) is 12.7 Å². The number of carbonyl (C=O) groups is 3. The van der Waals surface area contributed by atoms with Gasteiger partial charge in [0.15, 0.2) is 11.6 Å². The van der Waals surface area contributed by atoms with Gasteiger partial charge in [0.25, 0.3) is 0 Å². The van der Waals surface area contributed by atoms with Crippen LogP contribution in [0, 0.1) is 17.3 Å². The number of carboxylic acid groups (broad SMARTS) is 1. The van der Waals surface area contributed by atoms with Crippen LogP contribution in [-0.4, -0.2) is 33.9 Å². The third-order valence-electron chi connectivity index (χ3n) is 8.42. The molecule has 0 unspecified atom stereocenters. The van der Waals surface area contributed by atoms with Gasteiger partial charge in [0, 0.05) is 11.5 Å². The van der Waals surface area contributed by atoms with Crippen LogP contribution in [0.5, 0.6) is 0 Å². The van der Waals surface area contributed by atoms with Gasteiger partial charge in [-0.1, -0.05) is 66.1 Å². The quantitative estimate of drug-likeness (QED) is 0.193. The first-order valence-electron chi connectivity index (χ1n) is 14.8. The molecule has 42 heavy (non-hydrogen) atoms. The summed E-state index contributed by atoms with van der Waals surface area (Å²) < 4.78 is 6.27. The fourth-order valence-electron chi connectivity index (χ4n) is 6.03. The van der Waals surface area contributed by atoms with E-state index in [0.717, 1.165) is 23.1 Å². The fourth-order valence-corrected chi connectivity index (χ4v) is 6.03. The van der Waals surface area contributed by atoms with Gasteiger partial charge in [-0.05, 0) is 78.7 Å². The summed E-state index contributed by atoms with van der Waals surface area (Å²) in [7, 11) is 0. The smallest absolute Gasteiger partial charge is 0.304 e. The zero-order valence-electron chi connectivity index (χ0n) is 26.1. The molecular weight excluding hydrogens is 528 g/mol. The van der Waals surface area contributed by atoms with Crippen molar-refractivity contribution < 1.29 is 29.3 Å². The van der Waals surface area contributed by atoms with Crippen LogP contribution in [0.4, 0.5) is 0 Å². The molecule has 226 valence electrons. The maximum Gasteiger partial charge on any atom is 0.304 e. The van der Waals surface area contributed by atoms with E-state index < -0.39 is 35.1 Å². The number of Topliss-reactive ketones (excluding diaryl/α,β-unsaturated/α-hetero) is 2. The van der Waals surface area contributed by atoms with Gasteiger partial charge in [0.1, 0.15) is 23.2 Å². The molecule has 1 aromatic rings. The molecule has 0 spiro atoms. The molecule has 5 atom stereocenters. The number of ether oxygens (including phenoxy) is 1. The van der Waals surface area contributed by atoms with Crippen molar-refractivity contribution in [2.75, 3.05) is 0 Å². The van der Waals surface area contributed by atoms with Crippen molar-refractivity contribution in [3.8, 4) is 0 Å². The summed E-state index contributed by atoms with van der Waals surface area (Å²) in [4.78, 5) is 40.9. The molecule has 0 amide bonds. The van der Waals surface area contributed by atoms with Crippen LogP contribution in [0.15, 0.2) is 88.4 Å². The predicted molar refractivity (Wildman–Crippen MR) is 166 cm³/mol. The lowest BCUT2D eigenvalue weighted by Gasteiger charge is -2.43. The lowest BCUT2D eigenvalue weighted by atomic mass is 9.61. The molecule has 1 aliphatic heterocycles. The SMILES string of the molecule is C=C(C)CC[C@@H](C=C(C)C)C[C@]1(CC=C(C)C)C(=O)C2=C(O[C@H](C)[C@H](C)C2=O)C([C@@H](CC(=O)O)c2ccccc2)=C1O. The number of hydrogen-bond acceptors (Lipinski definition) is 5. The lowest BCUT2D eigenvalue weighted by Crippen LogP contribution is -2.47. The molecule has 0 bridgehead atoms. The predicted octanol–water partition coefficient (Wildman–Crippen LogP) is 8.19. The van der Waals surface area contributed by atoms with Gasteiger partial charge in [0.05, 0.1) is 17.8 Å². The lowest BCUT2D eigenvalue weighted by molar-refractivity contribution is -0.137. The highest BCUT2D eigenvalue weighted by Crippen LogP contribution is 2.53. The highest BCUT2D eigenvalue weighted by atomic mass is 16.5. The van der Waals surface area contributed by atoms with Crippen molar-refractivity contribution in [1.29, 1.82) is 0 Å². The molecule has 1 aromatic carbocycles. The Hall–Kier alpha value is -3.67. The molecular formula is C36H46O6. The van der Waals surface area contributed by atoms with Crippen LogP contribution < -0.4 is 0 Å². The summed E-state index contributed by atoms with van der Waals surface area (Å²) in [6.45, 7) is 17.4. The van der Waals surface area contributed by atoms with E-state index in [1.54, 1.807) is 26.0 Å². The Labute approximate surface area is 250 Å². The third kappa shape index (κ3) is 7.03. The molecule has 2 aliphatic rings. The first-order valence-corrected chi connectivity index (χ1v) is 14.8. The normalized spacial score (nSPS) is 23.5. The number of aliphatic carboxylic acids is 1. The van der Waals surface area contributed by atoms with Crippen molar-refractivity contribution in [3.05, 3.63) is 94.0 Å². The van der Waals surface area contributed by atoms with Gasteiger partial charge in [-0.3, -0.25) is 14.4 Å². The van der Waals surface area contributed by atoms with Gasteiger partial charge in [-0.25, -0.2) is 0 Å². The molecule has 1 heterocycles. The number of allylic oxidation sites excluding steroid dienone is 8. The Morgan fingerprint density at radius 1 is 1.07 bits per heavy atom. The topological polar surface area (TPSA) is 101 Å². The Kier molecular flexibility index (Phi) is 10.6. The largest absolute Gasteiger partial charge is 0.511 e. The zero-order chi connectivity index (χ0) is 31.4. The van der Waals surface area contributed by atoms with E-state index >= 15 is 0 Å². The van der Waals surface area contributed by atoms with Gasteiger partial charge < -0.3 is 14.9 Å². The number of benzene rings is 1. The van der Waals surface area contributed by atoms with Crippen LogP contribution in [0.3, 0.4) is 0 Å². The number of carboxylic acids is 1. The van der Waals surface area contributed by atoms with Crippen molar-refractivity contribution >= 4 is 17.5 Å². The van der Waals surface area contributed by atoms with Crippen LogP contribution in [0.2, 0.25) is 0 Å². The van der Waals surface area contributed by atoms with E-state index in [0.29, 0.717) is 12.0 Å². The summed E-state index contributed by atoms with van der Waals surface area (Å²) in [6, 6.07) is 9.05. The molecule has 2 N–H and O–H groups in total. The molecule has 6 nitrogen and oxygen atoms in total. The molecule has 6 heteroatoms. The molecule has 0 aromatic heterocycles. The summed E-state index contributed by atoms with van der Waals surface area (Å²) >= 11 is 0. The maximum absolute atomic E-state index is 14.7. The number of aliphatic hydroxyl groups is 1. The first kappa shape index (κ1) is 32.8. The van der Waals surface area contributed by atoms with Gasteiger partial charge in [-0.2, -0.15) is 0 Å². The van der Waals surface area contributed by atoms with Crippen LogP contribution in [-0.2, 0) is 19.1 Å². The van der Waals surface area contributed by atoms with Crippen LogP contribution in [0.25, 0.3) is 0 Å². The van der Waals surface area contributed by atoms with Gasteiger partial charge >= 0.3 is 5.97 Å². The minimum Gasteiger partial charge on any atom is -0.511 e. The summed E-state index contributed by atoms with van der Waals surface area (Å²) in [6.07, 6.45) is 5.04. The number of carbonyl (C=O) groups excluding carboxylic acids is 2. The summed E-state index contributed by atoms with van der Waals surface area (Å²) in [5, 5.41) is 22.4. The van der Waals surface area contributed by atoms with Crippen LogP contribution in [0.1, 0.15) is 92.1 Å². The minimum atomic E-state index is -1.47. The van der Waals surface area contributed by atoms with Crippen LogP contribution >= 0.6 is 0 Å². The molecule has 1 aliphatic carbocycles.